The Morgan fingerprint density at radius 1 is 1.25 bits per heavy atom. The van der Waals surface area contributed by atoms with Crippen LogP contribution >= 0.6 is 11.6 Å². The van der Waals surface area contributed by atoms with Crippen molar-refractivity contribution < 1.29 is 18.7 Å². The van der Waals surface area contributed by atoms with Crippen molar-refractivity contribution in [3.8, 4) is 0 Å². The van der Waals surface area contributed by atoms with Gasteiger partial charge in [0.05, 0.1) is 12.8 Å². The number of rotatable bonds is 12. The minimum absolute atomic E-state index is 0.0222. The Hall–Kier alpha value is -3.58. The van der Waals surface area contributed by atoms with Crippen LogP contribution in [0.4, 0.5) is 10.1 Å². The second kappa shape index (κ2) is 11.5. The van der Waals surface area contributed by atoms with E-state index in [1.165, 1.54) is 24.1 Å². The molecule has 0 radical (unpaired) electrons. The lowest BCUT2D eigenvalue weighted by molar-refractivity contribution is -0.119. The van der Waals surface area contributed by atoms with Crippen molar-refractivity contribution in [2.24, 2.45) is 17.8 Å². The quantitative estimate of drug-likeness (QED) is 0.301. The summed E-state index contributed by atoms with van der Waals surface area (Å²) in [6.07, 6.45) is 6.78. The van der Waals surface area contributed by atoms with Crippen LogP contribution in [0.2, 0.25) is 5.15 Å². The first-order valence-electron chi connectivity index (χ1n) is 13.3. The number of carbonyl (C=O) groups is 2. The molecule has 3 N–H and O–H groups in total. The van der Waals surface area contributed by atoms with Crippen LogP contribution in [0.25, 0.3) is 0 Å². The maximum Gasteiger partial charge on any atom is 0.270 e. The summed E-state index contributed by atoms with van der Waals surface area (Å²) in [6, 6.07) is 1.20. The number of nitrogens with one attached hydrogen (secondary N) is 3. The predicted molar refractivity (Wildman–Crippen MR) is 144 cm³/mol. The SMILES string of the molecule is COCC(c1cc(Cl)n[nH]c1=O)n1cc(NC(=O)[C@@H](NC(=O)c2ccnn2C(C)C)C(C2CC2)C2CC2)c(F)n1. The molecule has 0 saturated heterocycles. The average Bonchev–Trinajstić information content (AvgIpc) is 3.85. The molecule has 0 bridgehead atoms. The first-order valence-corrected chi connectivity index (χ1v) is 13.7. The molecule has 2 saturated carbocycles. The minimum Gasteiger partial charge on any atom is -0.382 e. The largest absolute Gasteiger partial charge is 0.382 e. The Kier molecular flexibility index (Phi) is 8.04. The highest BCUT2D eigenvalue weighted by Gasteiger charge is 2.48. The molecular formula is C26H32ClFN8O4. The van der Waals surface area contributed by atoms with E-state index in [1.54, 1.807) is 16.9 Å². The van der Waals surface area contributed by atoms with E-state index in [0.717, 1.165) is 25.7 Å². The minimum atomic E-state index is -0.941. The van der Waals surface area contributed by atoms with E-state index >= 15 is 4.39 Å². The summed E-state index contributed by atoms with van der Waals surface area (Å²) in [7, 11) is 1.43. The lowest BCUT2D eigenvalue weighted by Gasteiger charge is -2.27. The molecule has 2 amide bonds. The van der Waals surface area contributed by atoms with Crippen molar-refractivity contribution in [2.75, 3.05) is 19.0 Å². The van der Waals surface area contributed by atoms with Gasteiger partial charge in [-0.2, -0.15) is 14.6 Å². The molecule has 3 heterocycles. The molecule has 3 aromatic heterocycles. The molecule has 1 unspecified atom stereocenters. The molecule has 14 heteroatoms. The fourth-order valence-electron chi connectivity index (χ4n) is 5.28. The van der Waals surface area contributed by atoms with Crippen molar-refractivity contribution in [1.29, 1.82) is 0 Å². The van der Waals surface area contributed by atoms with Gasteiger partial charge in [-0.25, -0.2) is 5.10 Å². The third-order valence-corrected chi connectivity index (χ3v) is 7.62. The number of amides is 2. The van der Waals surface area contributed by atoms with Crippen molar-refractivity contribution in [1.82, 2.24) is 35.1 Å². The Labute approximate surface area is 234 Å². The zero-order chi connectivity index (χ0) is 28.6. The number of methoxy groups -OCH3 is 1. The molecule has 3 aromatic rings. The number of hydrogen-bond donors (Lipinski definition) is 3. The number of halogens is 2. The molecule has 2 aliphatic rings. The standard InChI is InChI=1S/C26H32ClFN8O4/c1-13(2)36-18(8-9-29-36)25(38)31-22(21(14-4-5-14)15-6-7-15)26(39)30-17-11-35(34-23(17)28)19(12-40-3)16-10-20(27)32-33-24(16)37/h8-11,13-15,19,21-22H,4-7,12H2,1-3H3,(H,30,39)(H,31,38)(H,33,37)/t19?,22-/m0/s1. The molecule has 40 heavy (non-hydrogen) atoms. The highest BCUT2D eigenvalue weighted by Crippen LogP contribution is 2.51. The summed E-state index contributed by atoms with van der Waals surface area (Å²) in [5.41, 5.74) is -0.204. The van der Waals surface area contributed by atoms with Gasteiger partial charge in [0.15, 0.2) is 0 Å². The highest BCUT2D eigenvalue weighted by molar-refractivity contribution is 6.29. The van der Waals surface area contributed by atoms with Crippen LogP contribution in [0.1, 0.15) is 67.7 Å². The van der Waals surface area contributed by atoms with E-state index in [2.05, 4.69) is 31.0 Å². The van der Waals surface area contributed by atoms with Crippen LogP contribution in [-0.4, -0.2) is 61.3 Å². The van der Waals surface area contributed by atoms with Gasteiger partial charge in [-0.05, 0) is 69.4 Å². The topological polar surface area (TPSA) is 149 Å². The van der Waals surface area contributed by atoms with E-state index in [-0.39, 0.29) is 35.0 Å². The number of ether oxygens (including phenoxy) is 1. The highest BCUT2D eigenvalue weighted by atomic mass is 35.5. The Bertz CT molecular complexity index is 1430. The number of anilines is 1. The summed E-state index contributed by atoms with van der Waals surface area (Å²) in [5.74, 6) is -1.30. The predicted octanol–water partition coefficient (Wildman–Crippen LogP) is 2.95. The van der Waals surface area contributed by atoms with E-state index < -0.39 is 35.4 Å². The second-order valence-corrected chi connectivity index (χ2v) is 11.1. The number of hydrogen-bond acceptors (Lipinski definition) is 7. The van der Waals surface area contributed by atoms with Gasteiger partial charge in [0, 0.05) is 24.9 Å². The van der Waals surface area contributed by atoms with Gasteiger partial charge in [0.25, 0.3) is 17.4 Å². The molecule has 12 nitrogen and oxygen atoms in total. The van der Waals surface area contributed by atoms with Gasteiger partial charge >= 0.3 is 0 Å². The number of aromatic nitrogens is 6. The molecule has 0 aromatic carbocycles. The lowest BCUT2D eigenvalue weighted by Crippen LogP contribution is -2.50. The molecular weight excluding hydrogens is 543 g/mol. The van der Waals surface area contributed by atoms with Crippen LogP contribution in [0.5, 0.6) is 0 Å². The third-order valence-electron chi connectivity index (χ3n) is 7.43. The normalized spacial score (nSPS) is 16.8. The third kappa shape index (κ3) is 5.94. The van der Waals surface area contributed by atoms with Crippen LogP contribution in [0, 0.1) is 23.7 Å². The number of nitrogens with zero attached hydrogens (tertiary/aromatic N) is 5. The van der Waals surface area contributed by atoms with Crippen LogP contribution in [0.15, 0.2) is 29.3 Å². The monoisotopic (exact) mass is 574 g/mol. The van der Waals surface area contributed by atoms with Crippen molar-refractivity contribution in [3.05, 3.63) is 57.2 Å². The van der Waals surface area contributed by atoms with Gasteiger partial charge in [-0.15, -0.1) is 5.10 Å². The van der Waals surface area contributed by atoms with E-state index in [9.17, 15) is 14.4 Å². The zero-order valence-corrected chi connectivity index (χ0v) is 23.2. The molecule has 5 rings (SSSR count). The van der Waals surface area contributed by atoms with E-state index in [1.807, 2.05) is 13.8 Å². The maximum atomic E-state index is 15.1. The fraction of sp³-hybridized carbons (Fsp3) is 0.538. The molecule has 214 valence electrons. The Balaban J connectivity index is 1.41. The molecule has 0 spiro atoms. The maximum absolute atomic E-state index is 15.1. The molecule has 2 atom stereocenters. The van der Waals surface area contributed by atoms with Crippen molar-refractivity contribution in [3.63, 3.8) is 0 Å². The van der Waals surface area contributed by atoms with Gasteiger partial charge < -0.3 is 15.4 Å². The van der Waals surface area contributed by atoms with Gasteiger partial charge in [-0.3, -0.25) is 23.7 Å². The molecule has 0 aliphatic heterocycles. The Morgan fingerprint density at radius 2 is 1.95 bits per heavy atom. The first-order chi connectivity index (χ1) is 19.2. The zero-order valence-electron chi connectivity index (χ0n) is 22.4. The summed E-state index contributed by atoms with van der Waals surface area (Å²) in [6.45, 7) is 3.80. The number of H-pyrrole nitrogens is 1. The van der Waals surface area contributed by atoms with Gasteiger partial charge in [0.1, 0.15) is 28.6 Å². The van der Waals surface area contributed by atoms with Crippen LogP contribution in [0.3, 0.4) is 0 Å². The van der Waals surface area contributed by atoms with Crippen molar-refractivity contribution >= 4 is 29.1 Å². The summed E-state index contributed by atoms with van der Waals surface area (Å²) >= 11 is 5.96. The smallest absolute Gasteiger partial charge is 0.270 e. The summed E-state index contributed by atoms with van der Waals surface area (Å²) in [5, 5.41) is 19.7. The summed E-state index contributed by atoms with van der Waals surface area (Å²) in [4.78, 5) is 39.5. The number of aromatic amines is 1. The van der Waals surface area contributed by atoms with E-state index in [4.69, 9.17) is 16.3 Å². The first kappa shape index (κ1) is 28.0. The molecule has 2 fully saturated rings. The van der Waals surface area contributed by atoms with Gasteiger partial charge in [-0.1, -0.05) is 11.6 Å². The van der Waals surface area contributed by atoms with Crippen LogP contribution < -0.4 is 16.2 Å². The van der Waals surface area contributed by atoms with Crippen LogP contribution in [-0.2, 0) is 9.53 Å². The fourth-order valence-corrected chi connectivity index (χ4v) is 5.44. The number of carbonyl (C=O) groups excluding carboxylic acids is 2. The van der Waals surface area contributed by atoms with Gasteiger partial charge in [0.2, 0.25) is 5.91 Å². The molecule has 2 aliphatic carbocycles. The Morgan fingerprint density at radius 3 is 2.58 bits per heavy atom. The van der Waals surface area contributed by atoms with Crippen molar-refractivity contribution in [2.45, 2.75) is 57.7 Å². The average molecular weight is 575 g/mol. The summed E-state index contributed by atoms with van der Waals surface area (Å²) < 4.78 is 23.1. The van der Waals surface area contributed by atoms with E-state index in [0.29, 0.717) is 17.5 Å². The lowest BCUT2D eigenvalue weighted by atomic mass is 9.88. The second-order valence-electron chi connectivity index (χ2n) is 10.7.